The smallest absolute Gasteiger partial charge is 0.278 e. The summed E-state index contributed by atoms with van der Waals surface area (Å²) in [5.74, 6) is 0.469. The van der Waals surface area contributed by atoms with Crippen molar-refractivity contribution in [2.45, 2.75) is 38.9 Å². The molecule has 0 unspecified atom stereocenters. The van der Waals surface area contributed by atoms with Crippen molar-refractivity contribution in [3.8, 4) is 34.1 Å². The predicted octanol–water partition coefficient (Wildman–Crippen LogP) is 3.89. The van der Waals surface area contributed by atoms with Gasteiger partial charge in [-0.3, -0.25) is 14.6 Å². The molecule has 5 rings (SSSR count). The fourth-order valence-corrected chi connectivity index (χ4v) is 5.71. The van der Waals surface area contributed by atoms with Gasteiger partial charge >= 0.3 is 0 Å². The molecule has 0 aliphatic carbocycles. The number of carbonyl (C=O) groups is 2. The molecule has 0 spiro atoms. The van der Waals surface area contributed by atoms with Crippen LogP contribution in [0.2, 0.25) is 5.02 Å². The molecule has 1 aliphatic heterocycles. The fourth-order valence-electron chi connectivity index (χ4n) is 5.40. The second-order valence-corrected chi connectivity index (χ2v) is 11.4. The molecule has 4 aromatic rings. The summed E-state index contributed by atoms with van der Waals surface area (Å²) in [4.78, 5) is 38.5. The van der Waals surface area contributed by atoms with Gasteiger partial charge in [-0.15, -0.1) is 0 Å². The van der Waals surface area contributed by atoms with Crippen LogP contribution in [0.15, 0.2) is 54.9 Å². The Morgan fingerprint density at radius 1 is 1.09 bits per heavy atom. The van der Waals surface area contributed by atoms with Crippen molar-refractivity contribution in [2.75, 3.05) is 39.2 Å². The SMILES string of the molecule is COc1cc(CNCCO)cnc1C(=O)Nc1cccc(-c2nccc(-c3ccc(CNC[C@@H]4CCC(=O)N4)c(OC)n3)c2Cl)c1C. The number of aliphatic hydroxyl groups is 1. The van der Waals surface area contributed by atoms with Crippen LogP contribution in [0.1, 0.15) is 40.0 Å². The summed E-state index contributed by atoms with van der Waals surface area (Å²) in [5, 5.41) is 21.8. The molecule has 1 atom stereocenters. The third-order valence-electron chi connectivity index (χ3n) is 7.89. The highest BCUT2D eigenvalue weighted by atomic mass is 35.5. The molecule has 3 aromatic heterocycles. The highest BCUT2D eigenvalue weighted by Gasteiger charge is 2.22. The monoisotopic (exact) mass is 659 g/mol. The number of nitrogens with one attached hydrogen (secondary N) is 4. The molecule has 2 amide bonds. The Hall–Kier alpha value is -4.62. The van der Waals surface area contributed by atoms with Gasteiger partial charge < -0.3 is 35.8 Å². The number of benzene rings is 1. The largest absolute Gasteiger partial charge is 0.494 e. The second-order valence-electron chi connectivity index (χ2n) is 11.0. The summed E-state index contributed by atoms with van der Waals surface area (Å²) in [6.07, 6.45) is 4.66. The number of aromatic nitrogens is 3. The van der Waals surface area contributed by atoms with Gasteiger partial charge in [0.25, 0.3) is 5.91 Å². The summed E-state index contributed by atoms with van der Waals surface area (Å²) >= 11 is 6.98. The lowest BCUT2D eigenvalue weighted by Crippen LogP contribution is -2.35. The first kappa shape index (κ1) is 33.7. The molecular formula is C34H38ClN7O5. The van der Waals surface area contributed by atoms with E-state index in [1.165, 1.54) is 7.11 Å². The van der Waals surface area contributed by atoms with Crippen LogP contribution in [0.5, 0.6) is 11.6 Å². The molecule has 246 valence electrons. The fraction of sp³-hybridized carbons (Fsp3) is 0.324. The minimum absolute atomic E-state index is 0.0238. The average Bonchev–Trinajstić information content (AvgIpc) is 3.50. The molecule has 12 nitrogen and oxygen atoms in total. The highest BCUT2D eigenvalue weighted by molar-refractivity contribution is 6.35. The van der Waals surface area contributed by atoms with Gasteiger partial charge in [0.1, 0.15) is 0 Å². The summed E-state index contributed by atoms with van der Waals surface area (Å²) in [5.41, 5.74) is 5.76. The van der Waals surface area contributed by atoms with Crippen molar-refractivity contribution in [2.24, 2.45) is 0 Å². The van der Waals surface area contributed by atoms with Crippen LogP contribution in [0.4, 0.5) is 5.69 Å². The Labute approximate surface area is 278 Å². The van der Waals surface area contributed by atoms with Gasteiger partial charge in [-0.25, -0.2) is 9.97 Å². The lowest BCUT2D eigenvalue weighted by Gasteiger charge is -2.16. The molecule has 1 fully saturated rings. The number of hydrogen-bond acceptors (Lipinski definition) is 10. The number of amides is 2. The number of halogens is 1. The maximum atomic E-state index is 13.3. The number of methoxy groups -OCH3 is 2. The van der Waals surface area contributed by atoms with Gasteiger partial charge in [0.15, 0.2) is 11.4 Å². The molecule has 0 saturated carbocycles. The Morgan fingerprint density at radius 2 is 1.94 bits per heavy atom. The van der Waals surface area contributed by atoms with E-state index in [-0.39, 0.29) is 24.2 Å². The first-order valence-corrected chi connectivity index (χ1v) is 15.6. The zero-order chi connectivity index (χ0) is 33.3. The zero-order valence-electron chi connectivity index (χ0n) is 26.5. The van der Waals surface area contributed by atoms with Crippen LogP contribution >= 0.6 is 11.6 Å². The first-order valence-electron chi connectivity index (χ1n) is 15.3. The van der Waals surface area contributed by atoms with Crippen LogP contribution in [0.3, 0.4) is 0 Å². The number of anilines is 1. The third-order valence-corrected chi connectivity index (χ3v) is 8.27. The van der Waals surface area contributed by atoms with Crippen LogP contribution in [-0.2, 0) is 17.9 Å². The van der Waals surface area contributed by atoms with Crippen molar-refractivity contribution in [1.82, 2.24) is 30.9 Å². The highest BCUT2D eigenvalue weighted by Crippen LogP contribution is 2.38. The van der Waals surface area contributed by atoms with E-state index in [2.05, 4.69) is 31.2 Å². The number of nitrogens with zero attached hydrogens (tertiary/aromatic N) is 3. The topological polar surface area (TPSA) is 160 Å². The van der Waals surface area contributed by atoms with Gasteiger partial charge in [0, 0.05) is 73.4 Å². The van der Waals surface area contributed by atoms with E-state index in [1.54, 1.807) is 37.7 Å². The molecule has 0 bridgehead atoms. The first-order chi connectivity index (χ1) is 22.8. The average molecular weight is 660 g/mol. The van der Waals surface area contributed by atoms with E-state index in [0.717, 1.165) is 28.7 Å². The van der Waals surface area contributed by atoms with E-state index in [4.69, 9.17) is 31.2 Å². The standard InChI is InChI=1S/C34H38ClN7O5/c1-20-24(5-4-6-26(20)41-33(45)32-28(46-2)15-21(17-39-32)16-36-13-14-43)31-30(35)25(11-12-38-31)27-9-7-22(34(42-27)47-3)18-37-19-23-8-10-29(44)40-23/h4-7,9,11-12,15,17,23,36-37,43H,8,10,13-14,16,18-19H2,1-3H3,(H,40,44)(H,41,45)/t23-/m0/s1. The molecule has 1 aliphatic rings. The number of aliphatic hydroxyl groups excluding tert-OH is 1. The molecule has 5 N–H and O–H groups in total. The van der Waals surface area contributed by atoms with Gasteiger partial charge in [0.05, 0.1) is 37.2 Å². The van der Waals surface area contributed by atoms with Gasteiger partial charge in [-0.2, -0.15) is 0 Å². The zero-order valence-corrected chi connectivity index (χ0v) is 27.3. The Bertz CT molecular complexity index is 1750. The normalized spacial score (nSPS) is 14.1. The van der Waals surface area contributed by atoms with Gasteiger partial charge in [0.2, 0.25) is 11.8 Å². The van der Waals surface area contributed by atoms with Crippen LogP contribution in [0, 0.1) is 6.92 Å². The van der Waals surface area contributed by atoms with E-state index in [0.29, 0.717) is 71.9 Å². The second kappa shape index (κ2) is 15.8. The Morgan fingerprint density at radius 3 is 2.68 bits per heavy atom. The van der Waals surface area contributed by atoms with Gasteiger partial charge in [-0.1, -0.05) is 29.8 Å². The number of hydrogen-bond donors (Lipinski definition) is 5. The van der Waals surface area contributed by atoms with E-state index >= 15 is 0 Å². The van der Waals surface area contributed by atoms with Crippen LogP contribution < -0.4 is 30.7 Å². The number of rotatable bonds is 14. The maximum Gasteiger partial charge on any atom is 0.278 e. The lowest BCUT2D eigenvalue weighted by molar-refractivity contribution is -0.119. The number of pyridine rings is 3. The van der Waals surface area contributed by atoms with E-state index in [1.807, 2.05) is 31.2 Å². The number of ether oxygens (including phenoxy) is 2. The molecule has 4 heterocycles. The van der Waals surface area contributed by atoms with E-state index in [9.17, 15) is 9.59 Å². The summed E-state index contributed by atoms with van der Waals surface area (Å²) in [7, 11) is 3.06. The molecule has 0 radical (unpaired) electrons. The van der Waals surface area contributed by atoms with Crippen molar-refractivity contribution >= 4 is 29.1 Å². The Kier molecular flexibility index (Phi) is 11.3. The van der Waals surface area contributed by atoms with Crippen molar-refractivity contribution < 1.29 is 24.2 Å². The van der Waals surface area contributed by atoms with Crippen LogP contribution in [0.25, 0.3) is 22.5 Å². The molecular weight excluding hydrogens is 622 g/mol. The maximum absolute atomic E-state index is 13.3. The third kappa shape index (κ3) is 8.03. The summed E-state index contributed by atoms with van der Waals surface area (Å²) in [6.45, 7) is 4.03. The Balaban J connectivity index is 1.34. The minimum atomic E-state index is -0.427. The summed E-state index contributed by atoms with van der Waals surface area (Å²) in [6, 6.07) is 13.0. The lowest BCUT2D eigenvalue weighted by atomic mass is 10.0. The van der Waals surface area contributed by atoms with Gasteiger partial charge in [-0.05, 0) is 48.7 Å². The predicted molar refractivity (Wildman–Crippen MR) is 180 cm³/mol. The summed E-state index contributed by atoms with van der Waals surface area (Å²) < 4.78 is 11.1. The number of carbonyl (C=O) groups excluding carboxylic acids is 2. The molecule has 1 saturated heterocycles. The van der Waals surface area contributed by atoms with Crippen molar-refractivity contribution in [3.63, 3.8) is 0 Å². The molecule has 47 heavy (non-hydrogen) atoms. The van der Waals surface area contributed by atoms with Crippen molar-refractivity contribution in [3.05, 3.63) is 82.3 Å². The minimum Gasteiger partial charge on any atom is -0.494 e. The molecule has 1 aromatic carbocycles. The quantitative estimate of drug-likeness (QED) is 0.126. The van der Waals surface area contributed by atoms with E-state index < -0.39 is 5.91 Å². The molecule has 13 heteroatoms. The van der Waals surface area contributed by atoms with Crippen molar-refractivity contribution in [1.29, 1.82) is 0 Å². The van der Waals surface area contributed by atoms with Crippen LogP contribution in [-0.4, -0.2) is 71.8 Å².